The van der Waals surface area contributed by atoms with Crippen molar-refractivity contribution in [2.45, 2.75) is 11.8 Å². The van der Waals surface area contributed by atoms with Gasteiger partial charge in [-0.2, -0.15) is 0 Å². The van der Waals surface area contributed by atoms with E-state index in [2.05, 4.69) is 0 Å². The molecule has 0 amide bonds. The summed E-state index contributed by atoms with van der Waals surface area (Å²) in [5.41, 5.74) is 5.99. The fraction of sp³-hybridized carbons (Fsp3) is 0.125. The molecule has 0 aliphatic carbocycles. The van der Waals surface area contributed by atoms with E-state index in [4.69, 9.17) is 11.1 Å². The van der Waals surface area contributed by atoms with E-state index in [-0.39, 0.29) is 10.9 Å². The van der Waals surface area contributed by atoms with Crippen molar-refractivity contribution in [1.82, 2.24) is 0 Å². The van der Waals surface area contributed by atoms with Crippen LogP contribution in [0.4, 0.5) is 0 Å². The molecule has 64 valence electrons. The Bertz CT molecular complexity index is 312. The normalized spacial score (nSPS) is 9.75. The molecule has 1 aromatic rings. The molecule has 0 aromatic heterocycles. The van der Waals surface area contributed by atoms with Crippen LogP contribution in [0.25, 0.3) is 0 Å². The Morgan fingerprint density at radius 2 is 2.25 bits per heavy atom. The van der Waals surface area contributed by atoms with Crippen LogP contribution >= 0.6 is 11.8 Å². The number of amidine groups is 1. The molecule has 0 saturated carbocycles. The van der Waals surface area contributed by atoms with Crippen molar-refractivity contribution >= 4 is 16.9 Å². The minimum absolute atomic E-state index is 0.0556. The Morgan fingerprint density at radius 3 is 2.75 bits per heavy atom. The van der Waals surface area contributed by atoms with Crippen LogP contribution in [0, 0.1) is 12.3 Å². The highest BCUT2D eigenvalue weighted by Gasteiger charge is 1.99. The Balaban J connectivity index is 2.89. The Kier molecular flexibility index (Phi) is 2.60. The van der Waals surface area contributed by atoms with Gasteiger partial charge in [0, 0.05) is 4.90 Å². The number of nitrogens with two attached hydrogens (primary N) is 1. The van der Waals surface area contributed by atoms with Gasteiger partial charge < -0.3 is 10.8 Å². The third-order valence-electron chi connectivity index (χ3n) is 1.40. The number of benzene rings is 1. The summed E-state index contributed by atoms with van der Waals surface area (Å²) in [4.78, 5) is 0.873. The summed E-state index contributed by atoms with van der Waals surface area (Å²) in [5, 5.41) is 16.3. The van der Waals surface area contributed by atoms with Crippen LogP contribution < -0.4 is 5.73 Å². The molecule has 0 radical (unpaired) electrons. The lowest BCUT2D eigenvalue weighted by Gasteiger charge is -2.01. The lowest BCUT2D eigenvalue weighted by molar-refractivity contribution is 0.470. The van der Waals surface area contributed by atoms with Gasteiger partial charge in [-0.25, -0.2) is 0 Å². The van der Waals surface area contributed by atoms with E-state index >= 15 is 0 Å². The summed E-state index contributed by atoms with van der Waals surface area (Å²) in [6.07, 6.45) is 0. The van der Waals surface area contributed by atoms with E-state index in [1.807, 2.05) is 0 Å². The number of hydrogen-bond donors (Lipinski definition) is 3. The lowest BCUT2D eigenvalue weighted by atomic mass is 10.2. The molecule has 3 nitrogen and oxygen atoms in total. The molecule has 0 fully saturated rings. The van der Waals surface area contributed by atoms with Crippen LogP contribution in [0.2, 0.25) is 0 Å². The summed E-state index contributed by atoms with van der Waals surface area (Å²) in [6, 6.07) is 5.12. The molecule has 0 spiro atoms. The molecule has 1 aromatic carbocycles. The fourth-order valence-electron chi connectivity index (χ4n) is 0.818. The molecule has 0 bridgehead atoms. The van der Waals surface area contributed by atoms with Crippen LogP contribution in [-0.4, -0.2) is 10.3 Å². The maximum absolute atomic E-state index is 9.18. The van der Waals surface area contributed by atoms with Crippen molar-refractivity contribution in [3.63, 3.8) is 0 Å². The van der Waals surface area contributed by atoms with Gasteiger partial charge in [0.2, 0.25) is 0 Å². The molecule has 4 heteroatoms. The highest BCUT2D eigenvalue weighted by atomic mass is 32.2. The van der Waals surface area contributed by atoms with Crippen LogP contribution in [0.3, 0.4) is 0 Å². The average Bonchev–Trinajstić information content (AvgIpc) is 1.96. The molecule has 0 aliphatic heterocycles. The number of thioether (sulfide) groups is 1. The summed E-state index contributed by atoms with van der Waals surface area (Å²) in [7, 11) is 0. The molecule has 0 atom stereocenters. The van der Waals surface area contributed by atoms with E-state index in [1.54, 1.807) is 25.1 Å². The highest BCUT2D eigenvalue weighted by molar-refractivity contribution is 8.13. The third kappa shape index (κ3) is 2.17. The second-order valence-corrected chi connectivity index (χ2v) is 3.53. The number of aromatic hydroxyl groups is 1. The zero-order valence-corrected chi connectivity index (χ0v) is 7.48. The highest BCUT2D eigenvalue weighted by Crippen LogP contribution is 2.23. The number of phenols is 1. The standard InChI is InChI=1S/C8H10N2OS/c1-5-4-6(12-8(9)10)2-3-7(5)11/h2-4,11H,1H3,(H3,9,10). The SMILES string of the molecule is Cc1cc(SC(=N)N)ccc1O. The number of aryl methyl sites for hydroxylation is 1. The Labute approximate surface area is 75.1 Å². The van der Waals surface area contributed by atoms with Gasteiger partial charge in [0.15, 0.2) is 5.17 Å². The van der Waals surface area contributed by atoms with Crippen molar-refractivity contribution in [1.29, 1.82) is 5.41 Å². The minimum Gasteiger partial charge on any atom is -0.508 e. The first-order valence-corrected chi connectivity index (χ1v) is 4.23. The smallest absolute Gasteiger partial charge is 0.155 e. The molecule has 0 aliphatic rings. The summed E-state index contributed by atoms with van der Waals surface area (Å²) >= 11 is 1.17. The molecular weight excluding hydrogens is 172 g/mol. The number of hydrogen-bond acceptors (Lipinski definition) is 3. The molecule has 0 saturated heterocycles. The molecule has 0 heterocycles. The lowest BCUT2D eigenvalue weighted by Crippen LogP contribution is -2.02. The second-order valence-electron chi connectivity index (χ2n) is 2.41. The van der Waals surface area contributed by atoms with Gasteiger partial charge in [-0.1, -0.05) is 11.8 Å². The Hall–Kier alpha value is -1.16. The minimum atomic E-state index is 0.0556. The molecule has 1 rings (SSSR count). The van der Waals surface area contributed by atoms with Gasteiger partial charge in [0.25, 0.3) is 0 Å². The quantitative estimate of drug-likeness (QED) is 0.351. The first-order chi connectivity index (χ1) is 5.59. The van der Waals surface area contributed by atoms with Crippen LogP contribution in [-0.2, 0) is 0 Å². The summed E-state index contributed by atoms with van der Waals surface area (Å²) in [5.74, 6) is 0.267. The van der Waals surface area contributed by atoms with Gasteiger partial charge in [-0.15, -0.1) is 0 Å². The van der Waals surface area contributed by atoms with Gasteiger partial charge in [0.05, 0.1) is 0 Å². The second kappa shape index (κ2) is 3.49. The predicted octanol–water partition coefficient (Wildman–Crippen LogP) is 1.69. The molecule has 4 N–H and O–H groups in total. The molecular formula is C8H10N2OS. The number of phenolic OH excluding ortho intramolecular Hbond substituents is 1. The van der Waals surface area contributed by atoms with Crippen molar-refractivity contribution in [3.05, 3.63) is 23.8 Å². The van der Waals surface area contributed by atoms with Gasteiger partial charge >= 0.3 is 0 Å². The monoisotopic (exact) mass is 182 g/mol. The van der Waals surface area contributed by atoms with Crippen LogP contribution in [0.5, 0.6) is 5.75 Å². The topological polar surface area (TPSA) is 70.1 Å². The maximum atomic E-state index is 9.18. The zero-order valence-electron chi connectivity index (χ0n) is 6.66. The van der Waals surface area contributed by atoms with E-state index in [1.165, 1.54) is 11.8 Å². The third-order valence-corrected chi connectivity index (χ3v) is 2.11. The maximum Gasteiger partial charge on any atom is 0.155 e. The average molecular weight is 182 g/mol. The van der Waals surface area contributed by atoms with Gasteiger partial charge in [-0.3, -0.25) is 5.41 Å². The van der Waals surface area contributed by atoms with E-state index in [0.29, 0.717) is 0 Å². The predicted molar refractivity (Wildman–Crippen MR) is 50.6 cm³/mol. The van der Waals surface area contributed by atoms with E-state index in [9.17, 15) is 5.11 Å². The molecule has 12 heavy (non-hydrogen) atoms. The first-order valence-electron chi connectivity index (χ1n) is 3.41. The van der Waals surface area contributed by atoms with Crippen molar-refractivity contribution in [2.24, 2.45) is 5.73 Å². The van der Waals surface area contributed by atoms with Crippen LogP contribution in [0.1, 0.15) is 5.56 Å². The Morgan fingerprint density at radius 1 is 1.58 bits per heavy atom. The van der Waals surface area contributed by atoms with Gasteiger partial charge in [-0.05, 0) is 30.7 Å². The summed E-state index contributed by atoms with van der Waals surface area (Å²) in [6.45, 7) is 1.81. The zero-order chi connectivity index (χ0) is 9.14. The first kappa shape index (κ1) is 8.93. The van der Waals surface area contributed by atoms with Crippen LogP contribution in [0.15, 0.2) is 23.1 Å². The van der Waals surface area contributed by atoms with E-state index in [0.717, 1.165) is 10.5 Å². The summed E-state index contributed by atoms with van der Waals surface area (Å²) < 4.78 is 0. The number of rotatable bonds is 1. The van der Waals surface area contributed by atoms with E-state index < -0.39 is 0 Å². The molecule has 0 unspecified atom stereocenters. The number of nitrogens with one attached hydrogen (secondary N) is 1. The van der Waals surface area contributed by atoms with Crippen molar-refractivity contribution in [3.8, 4) is 5.75 Å². The fourth-order valence-corrected chi connectivity index (χ4v) is 1.44. The van der Waals surface area contributed by atoms with Gasteiger partial charge in [0.1, 0.15) is 5.75 Å². The van der Waals surface area contributed by atoms with Crippen molar-refractivity contribution < 1.29 is 5.11 Å². The van der Waals surface area contributed by atoms with Crippen molar-refractivity contribution in [2.75, 3.05) is 0 Å². The largest absolute Gasteiger partial charge is 0.508 e.